The molecular formula is C24H30N4O3. The van der Waals surface area contributed by atoms with Gasteiger partial charge in [0.2, 0.25) is 11.8 Å². The fourth-order valence-corrected chi connectivity index (χ4v) is 3.50. The van der Waals surface area contributed by atoms with Crippen molar-refractivity contribution in [1.29, 1.82) is 0 Å². The quantitative estimate of drug-likeness (QED) is 0.605. The largest absolute Gasteiger partial charge is 0.351 e. The molecule has 1 aliphatic rings. The first-order chi connectivity index (χ1) is 15.0. The van der Waals surface area contributed by atoms with Crippen molar-refractivity contribution in [3.8, 4) is 0 Å². The maximum absolute atomic E-state index is 12.2. The van der Waals surface area contributed by atoms with Gasteiger partial charge in [0.05, 0.1) is 6.54 Å². The summed E-state index contributed by atoms with van der Waals surface area (Å²) in [6.45, 7) is 6.46. The van der Waals surface area contributed by atoms with Crippen molar-refractivity contribution in [3.63, 3.8) is 0 Å². The van der Waals surface area contributed by atoms with Gasteiger partial charge in [-0.05, 0) is 36.8 Å². The molecule has 7 nitrogen and oxygen atoms in total. The molecule has 0 atom stereocenters. The number of rotatable bonds is 9. The van der Waals surface area contributed by atoms with Crippen LogP contribution in [0.1, 0.15) is 29.3 Å². The van der Waals surface area contributed by atoms with Crippen molar-refractivity contribution in [3.05, 3.63) is 65.7 Å². The van der Waals surface area contributed by atoms with Gasteiger partial charge in [-0.25, -0.2) is 0 Å². The lowest BCUT2D eigenvalue weighted by molar-refractivity contribution is -0.122. The molecule has 0 saturated carbocycles. The van der Waals surface area contributed by atoms with Gasteiger partial charge in [0.25, 0.3) is 0 Å². The molecule has 31 heavy (non-hydrogen) atoms. The number of anilines is 1. The summed E-state index contributed by atoms with van der Waals surface area (Å²) in [5.74, 6) is -0.00328. The average Bonchev–Trinajstić information content (AvgIpc) is 2.78. The van der Waals surface area contributed by atoms with Gasteiger partial charge in [-0.15, -0.1) is 0 Å². The fraction of sp³-hybridized carbons (Fsp3) is 0.375. The molecule has 2 amide bonds. The van der Waals surface area contributed by atoms with E-state index in [1.807, 2.05) is 30.3 Å². The predicted molar refractivity (Wildman–Crippen MR) is 121 cm³/mol. The van der Waals surface area contributed by atoms with Gasteiger partial charge in [0.1, 0.15) is 0 Å². The fourth-order valence-electron chi connectivity index (χ4n) is 3.50. The van der Waals surface area contributed by atoms with E-state index in [0.717, 1.165) is 31.7 Å². The van der Waals surface area contributed by atoms with Crippen LogP contribution in [0.3, 0.4) is 0 Å². The second-order valence-electron chi connectivity index (χ2n) is 7.81. The van der Waals surface area contributed by atoms with Crippen LogP contribution in [-0.4, -0.2) is 66.7 Å². The van der Waals surface area contributed by atoms with Crippen LogP contribution in [0.25, 0.3) is 0 Å². The maximum Gasteiger partial charge on any atom is 0.234 e. The van der Waals surface area contributed by atoms with Crippen LogP contribution < -0.4 is 10.6 Å². The Bertz CT molecular complexity index is 875. The molecule has 0 spiro atoms. The summed E-state index contributed by atoms with van der Waals surface area (Å²) in [7, 11) is 0. The SMILES string of the molecule is CC(=O)c1ccc(NC(=O)CCN2CCN(CC(=O)NCc3ccccc3)CC2)cc1. The highest BCUT2D eigenvalue weighted by Crippen LogP contribution is 2.11. The molecule has 1 fully saturated rings. The highest BCUT2D eigenvalue weighted by molar-refractivity contribution is 5.95. The first-order valence-corrected chi connectivity index (χ1v) is 10.7. The number of amides is 2. The number of Topliss-reactive ketones (excluding diaryl/α,β-unsaturated/α-hetero) is 1. The molecule has 0 aromatic heterocycles. The molecule has 2 N–H and O–H groups in total. The lowest BCUT2D eigenvalue weighted by Gasteiger charge is -2.34. The molecular weight excluding hydrogens is 392 g/mol. The Morgan fingerprint density at radius 3 is 2.13 bits per heavy atom. The Balaban J connectivity index is 1.31. The van der Waals surface area contributed by atoms with Crippen LogP contribution in [0.4, 0.5) is 5.69 Å². The van der Waals surface area contributed by atoms with E-state index >= 15 is 0 Å². The third-order valence-electron chi connectivity index (χ3n) is 5.39. The van der Waals surface area contributed by atoms with Gasteiger partial charge in [0.15, 0.2) is 5.78 Å². The lowest BCUT2D eigenvalue weighted by atomic mass is 10.1. The summed E-state index contributed by atoms with van der Waals surface area (Å²) in [5, 5.41) is 5.83. The minimum absolute atomic E-state index is 0.00527. The molecule has 3 rings (SSSR count). The normalized spacial score (nSPS) is 14.7. The topological polar surface area (TPSA) is 81.8 Å². The molecule has 0 bridgehead atoms. The van der Waals surface area contributed by atoms with Crippen LogP contribution in [0.15, 0.2) is 54.6 Å². The summed E-state index contributed by atoms with van der Waals surface area (Å²) >= 11 is 0. The minimum Gasteiger partial charge on any atom is -0.351 e. The monoisotopic (exact) mass is 422 g/mol. The van der Waals surface area contributed by atoms with Gasteiger partial charge >= 0.3 is 0 Å². The van der Waals surface area contributed by atoms with Gasteiger partial charge in [-0.3, -0.25) is 19.3 Å². The van der Waals surface area contributed by atoms with Crippen molar-refractivity contribution >= 4 is 23.3 Å². The number of nitrogens with zero attached hydrogens (tertiary/aromatic N) is 2. The number of ketones is 1. The highest BCUT2D eigenvalue weighted by Gasteiger charge is 2.19. The third-order valence-corrected chi connectivity index (χ3v) is 5.39. The zero-order valence-corrected chi connectivity index (χ0v) is 18.0. The van der Waals surface area contributed by atoms with Gasteiger partial charge in [-0.1, -0.05) is 30.3 Å². The Labute approximate surface area is 183 Å². The lowest BCUT2D eigenvalue weighted by Crippen LogP contribution is -2.49. The maximum atomic E-state index is 12.2. The van der Waals surface area contributed by atoms with Crippen molar-refractivity contribution < 1.29 is 14.4 Å². The van der Waals surface area contributed by atoms with Gasteiger partial charge in [0, 0.05) is 56.9 Å². The zero-order valence-electron chi connectivity index (χ0n) is 18.0. The standard InChI is InChI=1S/C24H30N4O3/c1-19(29)21-7-9-22(10-8-21)26-23(30)11-12-27-13-15-28(16-14-27)18-24(31)25-17-20-5-3-2-4-6-20/h2-10H,11-18H2,1H3,(H,25,31)(H,26,30). The molecule has 0 aliphatic carbocycles. The van der Waals surface area contributed by atoms with E-state index in [9.17, 15) is 14.4 Å². The Kier molecular flexibility index (Phi) is 8.32. The Morgan fingerprint density at radius 1 is 0.839 bits per heavy atom. The highest BCUT2D eigenvalue weighted by atomic mass is 16.2. The molecule has 7 heteroatoms. The van der Waals surface area contributed by atoms with E-state index in [4.69, 9.17) is 0 Å². The van der Waals surface area contributed by atoms with Gasteiger partial charge in [-0.2, -0.15) is 0 Å². The van der Waals surface area contributed by atoms with E-state index in [-0.39, 0.29) is 17.6 Å². The van der Waals surface area contributed by atoms with Crippen LogP contribution in [-0.2, 0) is 16.1 Å². The molecule has 164 valence electrons. The molecule has 1 saturated heterocycles. The second kappa shape index (κ2) is 11.4. The van der Waals surface area contributed by atoms with Crippen LogP contribution in [0.5, 0.6) is 0 Å². The van der Waals surface area contributed by atoms with E-state index in [1.165, 1.54) is 6.92 Å². The average molecular weight is 423 g/mol. The minimum atomic E-state index is -0.0432. The Hall–Kier alpha value is -3.03. The number of piperazine rings is 1. The molecule has 2 aromatic rings. The zero-order chi connectivity index (χ0) is 22.1. The predicted octanol–water partition coefficient (Wildman–Crippen LogP) is 2.15. The van der Waals surface area contributed by atoms with Crippen molar-refractivity contribution in [2.75, 3.05) is 44.6 Å². The summed E-state index contributed by atoms with van der Waals surface area (Å²) in [6.07, 6.45) is 0.409. The first kappa shape index (κ1) is 22.7. The van der Waals surface area contributed by atoms with Crippen molar-refractivity contribution in [2.24, 2.45) is 0 Å². The van der Waals surface area contributed by atoms with Gasteiger partial charge < -0.3 is 15.5 Å². The number of carbonyl (C=O) groups excluding carboxylic acids is 3. The van der Waals surface area contributed by atoms with E-state index in [0.29, 0.717) is 37.3 Å². The number of benzene rings is 2. The van der Waals surface area contributed by atoms with E-state index in [2.05, 4.69) is 20.4 Å². The summed E-state index contributed by atoms with van der Waals surface area (Å²) in [5.41, 5.74) is 2.42. The molecule has 0 radical (unpaired) electrons. The number of nitrogens with one attached hydrogen (secondary N) is 2. The summed E-state index contributed by atoms with van der Waals surface area (Å²) in [4.78, 5) is 40.1. The van der Waals surface area contributed by atoms with Crippen molar-refractivity contribution in [1.82, 2.24) is 15.1 Å². The third kappa shape index (κ3) is 7.62. The van der Waals surface area contributed by atoms with E-state index < -0.39 is 0 Å². The van der Waals surface area contributed by atoms with Crippen LogP contribution in [0, 0.1) is 0 Å². The first-order valence-electron chi connectivity index (χ1n) is 10.7. The second-order valence-corrected chi connectivity index (χ2v) is 7.81. The number of carbonyl (C=O) groups is 3. The summed E-state index contributed by atoms with van der Waals surface area (Å²) < 4.78 is 0. The van der Waals surface area contributed by atoms with E-state index in [1.54, 1.807) is 24.3 Å². The Morgan fingerprint density at radius 2 is 1.48 bits per heavy atom. The molecule has 1 heterocycles. The summed E-state index contributed by atoms with van der Waals surface area (Å²) in [6, 6.07) is 16.8. The molecule has 1 aliphatic heterocycles. The van der Waals surface area contributed by atoms with Crippen molar-refractivity contribution in [2.45, 2.75) is 19.9 Å². The number of hydrogen-bond donors (Lipinski definition) is 2. The molecule has 2 aromatic carbocycles. The van der Waals surface area contributed by atoms with Crippen LogP contribution >= 0.6 is 0 Å². The van der Waals surface area contributed by atoms with Crippen LogP contribution in [0.2, 0.25) is 0 Å². The smallest absolute Gasteiger partial charge is 0.234 e. The molecule has 0 unspecified atom stereocenters. The number of hydrogen-bond acceptors (Lipinski definition) is 5.